The fourth-order valence-electron chi connectivity index (χ4n) is 3.23. The van der Waals surface area contributed by atoms with Gasteiger partial charge in [-0.2, -0.15) is 0 Å². The molecule has 0 aromatic heterocycles. The Morgan fingerprint density at radius 3 is 2.61 bits per heavy atom. The first-order valence-corrected chi connectivity index (χ1v) is 7.99. The van der Waals surface area contributed by atoms with Crippen molar-refractivity contribution in [3.05, 3.63) is 34.3 Å². The van der Waals surface area contributed by atoms with E-state index < -0.39 is 0 Å². The van der Waals surface area contributed by atoms with Gasteiger partial charge in [0, 0.05) is 10.5 Å². The molecular formula is C16H24BrN. The third-order valence-electron chi connectivity index (χ3n) is 4.10. The lowest BCUT2D eigenvalue weighted by Crippen LogP contribution is -2.31. The predicted octanol–water partition coefficient (Wildman–Crippen LogP) is 4.93. The van der Waals surface area contributed by atoms with Crippen molar-refractivity contribution in [2.75, 3.05) is 6.54 Å². The number of rotatable bonds is 4. The van der Waals surface area contributed by atoms with Crippen LogP contribution in [0.2, 0.25) is 0 Å². The van der Waals surface area contributed by atoms with Gasteiger partial charge in [0.25, 0.3) is 0 Å². The van der Waals surface area contributed by atoms with Crippen molar-refractivity contribution in [3.8, 4) is 0 Å². The second-order valence-corrected chi connectivity index (χ2v) is 6.53. The van der Waals surface area contributed by atoms with E-state index in [0.717, 1.165) is 18.4 Å². The lowest BCUT2D eigenvalue weighted by Gasteiger charge is -2.34. The number of hydrogen-bond donors (Lipinski definition) is 1. The maximum atomic E-state index is 3.69. The van der Waals surface area contributed by atoms with Gasteiger partial charge in [-0.1, -0.05) is 54.8 Å². The molecule has 0 amide bonds. The summed E-state index contributed by atoms with van der Waals surface area (Å²) in [5, 5.41) is 3.69. The molecule has 1 N–H and O–H groups in total. The predicted molar refractivity (Wildman–Crippen MR) is 81.7 cm³/mol. The van der Waals surface area contributed by atoms with Crippen LogP contribution in [0.4, 0.5) is 0 Å². The summed E-state index contributed by atoms with van der Waals surface area (Å²) < 4.78 is 1.17. The van der Waals surface area contributed by atoms with Crippen molar-refractivity contribution in [3.63, 3.8) is 0 Å². The highest BCUT2D eigenvalue weighted by Gasteiger charge is 2.27. The van der Waals surface area contributed by atoms with Crippen molar-refractivity contribution >= 4 is 15.9 Å². The highest BCUT2D eigenvalue weighted by atomic mass is 79.9. The third kappa shape index (κ3) is 3.58. The second-order valence-electron chi connectivity index (χ2n) is 5.62. The second kappa shape index (κ2) is 6.72. The molecule has 0 heterocycles. The van der Waals surface area contributed by atoms with Gasteiger partial charge in [0.05, 0.1) is 0 Å². The van der Waals surface area contributed by atoms with Gasteiger partial charge in [-0.15, -0.1) is 0 Å². The standard InChI is InChI=1S/C16H24BrN/c1-3-18-16(13-7-9-15(17)10-8-13)14-6-4-5-12(2)11-14/h7-10,12,14,16,18H,3-6,11H2,1-2H3. The zero-order chi connectivity index (χ0) is 13.0. The van der Waals surface area contributed by atoms with Gasteiger partial charge in [-0.05, 0) is 48.9 Å². The molecule has 1 aromatic carbocycles. The van der Waals surface area contributed by atoms with Crippen molar-refractivity contribution < 1.29 is 0 Å². The van der Waals surface area contributed by atoms with Crippen LogP contribution in [0, 0.1) is 11.8 Å². The Balaban J connectivity index is 2.13. The van der Waals surface area contributed by atoms with Crippen LogP contribution in [0.3, 0.4) is 0 Å². The molecule has 0 aliphatic heterocycles. The number of halogens is 1. The van der Waals surface area contributed by atoms with Gasteiger partial charge in [0.1, 0.15) is 0 Å². The number of hydrogen-bond acceptors (Lipinski definition) is 1. The molecule has 1 aromatic rings. The first kappa shape index (κ1) is 14.1. The van der Waals surface area contributed by atoms with Crippen molar-refractivity contribution in [1.82, 2.24) is 5.32 Å². The van der Waals surface area contributed by atoms with Crippen LogP contribution in [0.25, 0.3) is 0 Å². The first-order valence-electron chi connectivity index (χ1n) is 7.19. The largest absolute Gasteiger partial charge is 0.310 e. The molecule has 2 heteroatoms. The molecule has 1 fully saturated rings. The van der Waals surface area contributed by atoms with Gasteiger partial charge in [-0.3, -0.25) is 0 Å². The maximum Gasteiger partial charge on any atom is 0.0348 e. The molecule has 0 saturated heterocycles. The van der Waals surface area contributed by atoms with E-state index in [1.165, 1.54) is 35.7 Å². The Morgan fingerprint density at radius 2 is 2.00 bits per heavy atom. The molecular weight excluding hydrogens is 286 g/mol. The van der Waals surface area contributed by atoms with Gasteiger partial charge in [-0.25, -0.2) is 0 Å². The minimum Gasteiger partial charge on any atom is -0.310 e. The van der Waals surface area contributed by atoms with E-state index in [1.807, 2.05) is 0 Å². The first-order chi connectivity index (χ1) is 8.70. The van der Waals surface area contributed by atoms with Gasteiger partial charge < -0.3 is 5.32 Å². The molecule has 1 saturated carbocycles. The molecule has 0 bridgehead atoms. The topological polar surface area (TPSA) is 12.0 Å². The summed E-state index contributed by atoms with van der Waals surface area (Å²) in [5.41, 5.74) is 1.44. The molecule has 2 rings (SSSR count). The van der Waals surface area contributed by atoms with Crippen LogP contribution in [-0.2, 0) is 0 Å². The molecule has 3 atom stereocenters. The van der Waals surface area contributed by atoms with E-state index in [2.05, 4.69) is 59.4 Å². The molecule has 1 aliphatic rings. The van der Waals surface area contributed by atoms with Crippen molar-refractivity contribution in [2.45, 2.75) is 45.6 Å². The van der Waals surface area contributed by atoms with E-state index in [9.17, 15) is 0 Å². The lowest BCUT2D eigenvalue weighted by molar-refractivity contribution is 0.225. The van der Waals surface area contributed by atoms with Crippen molar-refractivity contribution in [1.29, 1.82) is 0 Å². The maximum absolute atomic E-state index is 3.69. The average Bonchev–Trinajstić information content (AvgIpc) is 2.37. The molecule has 1 nitrogen and oxygen atoms in total. The highest BCUT2D eigenvalue weighted by Crippen LogP contribution is 2.37. The summed E-state index contributed by atoms with van der Waals surface area (Å²) in [6, 6.07) is 9.37. The normalized spacial score (nSPS) is 25.9. The summed E-state index contributed by atoms with van der Waals surface area (Å²) in [4.78, 5) is 0. The third-order valence-corrected chi connectivity index (χ3v) is 4.63. The Kier molecular flexibility index (Phi) is 5.25. The fourth-order valence-corrected chi connectivity index (χ4v) is 3.49. The molecule has 100 valence electrons. The number of benzene rings is 1. The highest BCUT2D eigenvalue weighted by molar-refractivity contribution is 9.10. The monoisotopic (exact) mass is 309 g/mol. The molecule has 3 unspecified atom stereocenters. The Bertz CT molecular complexity index is 360. The van der Waals surface area contributed by atoms with E-state index in [4.69, 9.17) is 0 Å². The summed E-state index contributed by atoms with van der Waals surface area (Å²) >= 11 is 3.52. The van der Waals surface area contributed by atoms with Gasteiger partial charge in [0.15, 0.2) is 0 Å². The smallest absolute Gasteiger partial charge is 0.0348 e. The summed E-state index contributed by atoms with van der Waals surface area (Å²) in [6.45, 7) is 5.65. The molecule has 0 radical (unpaired) electrons. The van der Waals surface area contributed by atoms with Gasteiger partial charge >= 0.3 is 0 Å². The molecule has 18 heavy (non-hydrogen) atoms. The summed E-state index contributed by atoms with van der Waals surface area (Å²) in [6.07, 6.45) is 5.55. The number of nitrogens with one attached hydrogen (secondary N) is 1. The average molecular weight is 310 g/mol. The van der Waals surface area contributed by atoms with E-state index in [-0.39, 0.29) is 0 Å². The Hall–Kier alpha value is -0.340. The van der Waals surface area contributed by atoms with Gasteiger partial charge in [0.2, 0.25) is 0 Å². The van der Waals surface area contributed by atoms with Crippen molar-refractivity contribution in [2.24, 2.45) is 11.8 Å². The van der Waals surface area contributed by atoms with E-state index in [0.29, 0.717) is 6.04 Å². The van der Waals surface area contributed by atoms with Crippen LogP contribution < -0.4 is 5.32 Å². The van der Waals surface area contributed by atoms with Crippen LogP contribution in [0.5, 0.6) is 0 Å². The summed E-state index contributed by atoms with van der Waals surface area (Å²) in [5.74, 6) is 1.69. The van der Waals surface area contributed by atoms with Crippen LogP contribution >= 0.6 is 15.9 Å². The Labute approximate surface area is 119 Å². The van der Waals surface area contributed by atoms with Crippen LogP contribution in [-0.4, -0.2) is 6.54 Å². The molecule has 0 spiro atoms. The summed E-state index contributed by atoms with van der Waals surface area (Å²) in [7, 11) is 0. The SMILES string of the molecule is CCNC(c1ccc(Br)cc1)C1CCCC(C)C1. The fraction of sp³-hybridized carbons (Fsp3) is 0.625. The lowest BCUT2D eigenvalue weighted by atomic mass is 9.76. The van der Waals surface area contributed by atoms with Crippen LogP contribution in [0.15, 0.2) is 28.7 Å². The minimum absolute atomic E-state index is 0.533. The van der Waals surface area contributed by atoms with E-state index >= 15 is 0 Å². The minimum atomic E-state index is 0.533. The molecule has 1 aliphatic carbocycles. The quantitative estimate of drug-likeness (QED) is 0.832. The zero-order valence-corrected chi connectivity index (χ0v) is 13.0. The zero-order valence-electron chi connectivity index (χ0n) is 11.5. The Morgan fingerprint density at radius 1 is 1.28 bits per heavy atom. The van der Waals surface area contributed by atoms with Crippen LogP contribution in [0.1, 0.15) is 51.1 Å². The van der Waals surface area contributed by atoms with E-state index in [1.54, 1.807) is 0 Å².